The molecule has 74 heavy (non-hydrogen) atoms. The van der Waals surface area contributed by atoms with Crippen LogP contribution in [-0.4, -0.2) is 37.2 Å². The molecule has 0 N–H and O–H groups in total. The third kappa shape index (κ3) is 57.7. The van der Waals surface area contributed by atoms with Crippen LogP contribution in [0.1, 0.15) is 220 Å². The maximum atomic E-state index is 12.9. The van der Waals surface area contributed by atoms with Crippen LogP contribution in [0.3, 0.4) is 0 Å². The van der Waals surface area contributed by atoms with Gasteiger partial charge in [0, 0.05) is 19.3 Å². The van der Waals surface area contributed by atoms with Crippen molar-refractivity contribution < 1.29 is 28.6 Å². The van der Waals surface area contributed by atoms with Crippen molar-refractivity contribution in [2.75, 3.05) is 13.2 Å². The third-order valence-corrected chi connectivity index (χ3v) is 11.5. The number of ether oxygens (including phenoxy) is 3. The SMILES string of the molecule is CC/C=C\C/C=C\C/C=C\C/C=C\C/C=C\C/C=C\CCC(=O)OCC(COC(=O)CCCCCCC\C=C/C=C\C=C/CCCCCCC)OC(=O)CCCCC/C=C\C/C=C\C/C=C\C/C=C\C/C=C\CC. The summed E-state index contributed by atoms with van der Waals surface area (Å²) in [6.45, 7) is 6.27. The van der Waals surface area contributed by atoms with Crippen LogP contribution in [0.4, 0.5) is 0 Å². The van der Waals surface area contributed by atoms with E-state index in [1.165, 1.54) is 32.1 Å². The van der Waals surface area contributed by atoms with Crippen molar-refractivity contribution in [2.45, 2.75) is 226 Å². The largest absolute Gasteiger partial charge is 0.462 e. The van der Waals surface area contributed by atoms with Crippen LogP contribution in [0.15, 0.2) is 170 Å². The molecule has 0 aromatic heterocycles. The van der Waals surface area contributed by atoms with E-state index in [0.717, 1.165) is 135 Å². The van der Waals surface area contributed by atoms with Gasteiger partial charge in [0.05, 0.1) is 0 Å². The van der Waals surface area contributed by atoms with E-state index >= 15 is 0 Å². The molecule has 1 unspecified atom stereocenters. The van der Waals surface area contributed by atoms with E-state index in [1.54, 1.807) is 0 Å². The number of carbonyl (C=O) groups is 3. The fraction of sp³-hybridized carbons (Fsp3) is 0.544. The average molecular weight is 1020 g/mol. The van der Waals surface area contributed by atoms with Gasteiger partial charge in [0.2, 0.25) is 0 Å². The summed E-state index contributed by atoms with van der Waals surface area (Å²) in [6, 6.07) is 0. The van der Waals surface area contributed by atoms with Crippen LogP contribution in [-0.2, 0) is 28.6 Å². The predicted octanol–water partition coefficient (Wildman–Crippen LogP) is 19.9. The van der Waals surface area contributed by atoms with Gasteiger partial charge in [-0.3, -0.25) is 14.4 Å². The van der Waals surface area contributed by atoms with Crippen LogP contribution in [0.2, 0.25) is 0 Å². The van der Waals surface area contributed by atoms with Gasteiger partial charge in [0.1, 0.15) is 13.2 Å². The average Bonchev–Trinajstić information content (AvgIpc) is 3.40. The second-order valence-corrected chi connectivity index (χ2v) is 18.5. The molecule has 1 atom stereocenters. The molecule has 0 aliphatic heterocycles. The van der Waals surface area contributed by atoms with E-state index < -0.39 is 6.10 Å². The van der Waals surface area contributed by atoms with Gasteiger partial charge in [-0.05, 0) is 128 Å². The molecule has 0 spiro atoms. The summed E-state index contributed by atoms with van der Waals surface area (Å²) < 4.78 is 16.8. The minimum atomic E-state index is -0.846. The first-order chi connectivity index (χ1) is 36.5. The van der Waals surface area contributed by atoms with Crippen molar-refractivity contribution in [3.8, 4) is 0 Å². The molecule has 0 aromatic rings. The zero-order chi connectivity index (χ0) is 53.6. The first-order valence-corrected chi connectivity index (χ1v) is 29.2. The molecule has 0 aliphatic rings. The van der Waals surface area contributed by atoms with Crippen molar-refractivity contribution >= 4 is 17.9 Å². The first kappa shape index (κ1) is 68.8. The highest BCUT2D eigenvalue weighted by Crippen LogP contribution is 2.12. The summed E-state index contributed by atoms with van der Waals surface area (Å²) in [5.74, 6) is -1.08. The molecular formula is C68H104O6. The highest BCUT2D eigenvalue weighted by Gasteiger charge is 2.19. The van der Waals surface area contributed by atoms with E-state index in [0.29, 0.717) is 19.3 Å². The van der Waals surface area contributed by atoms with Gasteiger partial charge in [-0.2, -0.15) is 0 Å². The lowest BCUT2D eigenvalue weighted by Gasteiger charge is -2.18. The molecule has 6 heteroatoms. The highest BCUT2D eigenvalue weighted by molar-refractivity contribution is 5.71. The zero-order valence-electron chi connectivity index (χ0n) is 47.0. The Bertz CT molecular complexity index is 1740. The monoisotopic (exact) mass is 1020 g/mol. The van der Waals surface area contributed by atoms with Crippen LogP contribution >= 0.6 is 0 Å². The maximum absolute atomic E-state index is 12.9. The van der Waals surface area contributed by atoms with Gasteiger partial charge >= 0.3 is 17.9 Å². The number of esters is 3. The third-order valence-electron chi connectivity index (χ3n) is 11.5. The van der Waals surface area contributed by atoms with Gasteiger partial charge in [0.25, 0.3) is 0 Å². The maximum Gasteiger partial charge on any atom is 0.306 e. The number of unbranched alkanes of at least 4 members (excludes halogenated alkanes) is 13. The van der Waals surface area contributed by atoms with Crippen molar-refractivity contribution in [1.82, 2.24) is 0 Å². The molecule has 0 rings (SSSR count). The Kier molecular flexibility index (Phi) is 56.1. The summed E-state index contributed by atoms with van der Waals surface area (Å²) >= 11 is 0. The second kappa shape index (κ2) is 60.3. The Morgan fingerprint density at radius 2 is 0.608 bits per heavy atom. The molecule has 0 saturated heterocycles. The Hall–Kier alpha value is -5.23. The van der Waals surface area contributed by atoms with Gasteiger partial charge in [-0.15, -0.1) is 0 Å². The number of rotatable bonds is 50. The molecular weight excluding hydrogens is 913 g/mol. The summed E-state index contributed by atoms with van der Waals surface area (Å²) in [4.78, 5) is 38.2. The predicted molar refractivity (Wildman–Crippen MR) is 320 cm³/mol. The lowest BCUT2D eigenvalue weighted by atomic mass is 10.1. The fourth-order valence-corrected chi connectivity index (χ4v) is 7.20. The van der Waals surface area contributed by atoms with E-state index in [2.05, 4.69) is 179 Å². The first-order valence-electron chi connectivity index (χ1n) is 29.2. The van der Waals surface area contributed by atoms with Gasteiger partial charge in [-0.25, -0.2) is 0 Å². The molecule has 0 amide bonds. The molecule has 0 fully saturated rings. The van der Waals surface area contributed by atoms with E-state index in [4.69, 9.17) is 14.2 Å². The second-order valence-electron chi connectivity index (χ2n) is 18.5. The summed E-state index contributed by atoms with van der Waals surface area (Å²) in [7, 11) is 0. The van der Waals surface area contributed by atoms with Crippen LogP contribution in [0, 0.1) is 0 Å². The van der Waals surface area contributed by atoms with Gasteiger partial charge in [-0.1, -0.05) is 242 Å². The molecule has 412 valence electrons. The number of hydrogen-bond acceptors (Lipinski definition) is 6. The van der Waals surface area contributed by atoms with E-state index in [9.17, 15) is 14.4 Å². The summed E-state index contributed by atoms with van der Waals surface area (Å²) in [5, 5.41) is 0. The molecule has 0 saturated carbocycles. The van der Waals surface area contributed by atoms with Crippen LogP contribution in [0.5, 0.6) is 0 Å². The molecule has 0 aromatic carbocycles. The van der Waals surface area contributed by atoms with Crippen LogP contribution < -0.4 is 0 Å². The lowest BCUT2D eigenvalue weighted by Crippen LogP contribution is -2.30. The van der Waals surface area contributed by atoms with Crippen molar-refractivity contribution in [1.29, 1.82) is 0 Å². The fourth-order valence-electron chi connectivity index (χ4n) is 7.20. The Morgan fingerprint density at radius 3 is 1.03 bits per heavy atom. The van der Waals surface area contributed by atoms with Crippen molar-refractivity contribution in [2.24, 2.45) is 0 Å². The van der Waals surface area contributed by atoms with Crippen molar-refractivity contribution in [3.05, 3.63) is 170 Å². The molecule has 0 radical (unpaired) electrons. The number of allylic oxidation sites excluding steroid dienone is 28. The topological polar surface area (TPSA) is 78.9 Å². The lowest BCUT2D eigenvalue weighted by molar-refractivity contribution is -0.166. The Labute approximate surface area is 453 Å². The van der Waals surface area contributed by atoms with Crippen LogP contribution in [0.25, 0.3) is 0 Å². The standard InChI is InChI=1S/C68H104O6/c1-4-7-10-13-16-19-22-25-28-31-34-37-40-43-46-49-52-55-58-61-67(70)73-64-65(63-72-66(69)60-57-54-51-48-45-42-39-36-33-30-27-24-21-18-15-12-9-6-3)74-68(71)62-59-56-53-50-47-44-41-38-35-32-29-26-23-20-17-14-11-8-5-2/h7-8,10-11,16-17,19-20,24-30,33-39,43-44,46-47,52,55,65H,4-6,9,12-15,18,21-23,31-32,40-42,45,48-51,53-54,56-64H2,1-3H3/b10-7-,11-8-,19-16-,20-17-,27-24-,28-25-,29-26-,33-30-,37-34-,38-35-,39-36-,46-43-,47-44-,55-52-. The summed E-state index contributed by atoms with van der Waals surface area (Å²) in [5.41, 5.74) is 0. The summed E-state index contributed by atoms with van der Waals surface area (Å²) in [6.07, 6.45) is 89.2. The smallest absolute Gasteiger partial charge is 0.306 e. The minimum Gasteiger partial charge on any atom is -0.462 e. The number of carbonyl (C=O) groups excluding carboxylic acids is 3. The molecule has 0 aliphatic carbocycles. The zero-order valence-corrected chi connectivity index (χ0v) is 47.0. The van der Waals surface area contributed by atoms with Gasteiger partial charge < -0.3 is 14.2 Å². The van der Waals surface area contributed by atoms with Gasteiger partial charge in [0.15, 0.2) is 6.10 Å². The Morgan fingerprint density at radius 1 is 0.297 bits per heavy atom. The number of hydrogen-bond donors (Lipinski definition) is 0. The molecule has 6 nitrogen and oxygen atoms in total. The molecule has 0 bridgehead atoms. The highest BCUT2D eigenvalue weighted by atomic mass is 16.6. The Balaban J connectivity index is 4.65. The quantitative estimate of drug-likeness (QED) is 0.0199. The van der Waals surface area contributed by atoms with E-state index in [-0.39, 0.29) is 44.0 Å². The minimum absolute atomic E-state index is 0.134. The van der Waals surface area contributed by atoms with E-state index in [1.807, 2.05) is 12.2 Å². The molecule has 0 heterocycles. The van der Waals surface area contributed by atoms with Crippen molar-refractivity contribution in [3.63, 3.8) is 0 Å². The normalized spacial score (nSPS) is 13.4.